The maximum absolute atomic E-state index is 6.11. The Hall–Kier alpha value is -2.30. The van der Waals surface area contributed by atoms with Crippen LogP contribution in [0.5, 0.6) is 5.75 Å². The second kappa shape index (κ2) is 8.88. The average molecular weight is 372 g/mol. The molecule has 0 atom stereocenters. The Morgan fingerprint density at radius 2 is 1.88 bits per heavy atom. The molecule has 2 aromatic carbocycles. The van der Waals surface area contributed by atoms with E-state index in [-0.39, 0.29) is 0 Å². The topological polar surface area (TPSA) is 44.0 Å². The first-order valence-electron chi connectivity index (χ1n) is 8.67. The fraction of sp³-hybridized carbons (Fsp3) is 0.286. The molecule has 0 fully saturated rings. The lowest BCUT2D eigenvalue weighted by Gasteiger charge is -2.08. The van der Waals surface area contributed by atoms with E-state index in [9.17, 15) is 0 Å². The number of halogens is 1. The quantitative estimate of drug-likeness (QED) is 0.543. The van der Waals surface area contributed by atoms with Crippen molar-refractivity contribution in [1.29, 1.82) is 0 Å². The van der Waals surface area contributed by atoms with E-state index >= 15 is 0 Å². The summed E-state index contributed by atoms with van der Waals surface area (Å²) in [6.07, 6.45) is 0.867. The summed E-state index contributed by atoms with van der Waals surface area (Å²) in [5.41, 5.74) is 1.73. The molecule has 3 rings (SSSR count). The van der Waals surface area contributed by atoms with Gasteiger partial charge in [-0.25, -0.2) is 0 Å². The van der Waals surface area contributed by atoms with Crippen molar-refractivity contribution in [1.82, 2.24) is 0 Å². The van der Waals surface area contributed by atoms with Gasteiger partial charge in [0.1, 0.15) is 17.1 Å². The summed E-state index contributed by atoms with van der Waals surface area (Å²) in [5, 5.41) is 2.51. The van der Waals surface area contributed by atoms with Crippen LogP contribution in [-0.2, 0) is 4.74 Å². The van der Waals surface area contributed by atoms with Gasteiger partial charge in [0.25, 0.3) is 0 Å². The number of fused-ring (bicyclic) bond motifs is 1. The zero-order valence-corrected chi connectivity index (χ0v) is 15.8. The van der Waals surface area contributed by atoms with Crippen LogP contribution in [0, 0.1) is 0 Å². The number of ether oxygens (including phenoxy) is 2. The molecule has 1 aromatic heterocycles. The first-order valence-corrected chi connectivity index (χ1v) is 9.05. The van der Waals surface area contributed by atoms with Crippen LogP contribution < -0.4 is 10.1 Å². The summed E-state index contributed by atoms with van der Waals surface area (Å²) < 4.78 is 16.8. The SMILES string of the molecule is CCOc1ccc2oc(-c3ccc(Cl)cc3)cc(=NCCCOC)c2c1. The van der Waals surface area contributed by atoms with Gasteiger partial charge in [0.2, 0.25) is 0 Å². The van der Waals surface area contributed by atoms with E-state index in [0.717, 1.165) is 39.8 Å². The van der Waals surface area contributed by atoms with Crippen LogP contribution in [0.15, 0.2) is 57.9 Å². The monoisotopic (exact) mass is 371 g/mol. The smallest absolute Gasteiger partial charge is 0.137 e. The van der Waals surface area contributed by atoms with Crippen molar-refractivity contribution in [3.63, 3.8) is 0 Å². The first kappa shape index (κ1) is 18.5. The second-order valence-electron chi connectivity index (χ2n) is 5.82. The third-order valence-corrected chi connectivity index (χ3v) is 4.20. The zero-order chi connectivity index (χ0) is 18.4. The highest BCUT2D eigenvalue weighted by atomic mass is 35.5. The Morgan fingerprint density at radius 3 is 2.62 bits per heavy atom. The largest absolute Gasteiger partial charge is 0.494 e. The molecule has 0 saturated heterocycles. The fourth-order valence-electron chi connectivity index (χ4n) is 2.70. The highest BCUT2D eigenvalue weighted by Gasteiger charge is 2.07. The predicted octanol–water partition coefficient (Wildman–Crippen LogP) is 5.09. The summed E-state index contributed by atoms with van der Waals surface area (Å²) in [5.74, 6) is 1.56. The number of hydrogen-bond donors (Lipinski definition) is 0. The van der Waals surface area contributed by atoms with E-state index in [4.69, 9.17) is 30.5 Å². The van der Waals surface area contributed by atoms with E-state index in [2.05, 4.69) is 0 Å². The molecule has 0 spiro atoms. The highest BCUT2D eigenvalue weighted by molar-refractivity contribution is 6.30. The zero-order valence-electron chi connectivity index (χ0n) is 15.0. The third kappa shape index (κ3) is 4.45. The minimum absolute atomic E-state index is 0.617. The van der Waals surface area contributed by atoms with Crippen LogP contribution in [0.25, 0.3) is 22.3 Å². The minimum Gasteiger partial charge on any atom is -0.494 e. The first-order chi connectivity index (χ1) is 12.7. The number of methoxy groups -OCH3 is 1. The molecule has 0 aliphatic heterocycles. The van der Waals surface area contributed by atoms with Crippen molar-refractivity contribution >= 4 is 22.6 Å². The second-order valence-corrected chi connectivity index (χ2v) is 6.26. The van der Waals surface area contributed by atoms with Gasteiger partial charge in [0.05, 0.1) is 12.0 Å². The van der Waals surface area contributed by atoms with Crippen LogP contribution in [0.4, 0.5) is 0 Å². The maximum Gasteiger partial charge on any atom is 0.137 e. The normalized spacial score (nSPS) is 11.9. The maximum atomic E-state index is 6.11. The molecule has 0 aliphatic carbocycles. The van der Waals surface area contributed by atoms with Gasteiger partial charge in [-0.2, -0.15) is 0 Å². The molecule has 26 heavy (non-hydrogen) atoms. The molecular weight excluding hydrogens is 350 g/mol. The van der Waals surface area contributed by atoms with Gasteiger partial charge < -0.3 is 13.9 Å². The molecule has 0 unspecified atom stereocenters. The van der Waals surface area contributed by atoms with E-state index in [1.807, 2.05) is 55.5 Å². The Morgan fingerprint density at radius 1 is 1.08 bits per heavy atom. The molecule has 4 nitrogen and oxygen atoms in total. The van der Waals surface area contributed by atoms with Gasteiger partial charge in [0, 0.05) is 42.3 Å². The van der Waals surface area contributed by atoms with Gasteiger partial charge in [-0.3, -0.25) is 4.99 Å². The Labute approximate surface area is 158 Å². The van der Waals surface area contributed by atoms with Crippen molar-refractivity contribution in [2.75, 3.05) is 26.9 Å². The number of hydrogen-bond acceptors (Lipinski definition) is 4. The van der Waals surface area contributed by atoms with Crippen molar-refractivity contribution < 1.29 is 13.9 Å². The van der Waals surface area contributed by atoms with Crippen LogP contribution in [0.1, 0.15) is 13.3 Å². The van der Waals surface area contributed by atoms with E-state index in [1.165, 1.54) is 0 Å². The van der Waals surface area contributed by atoms with Crippen molar-refractivity contribution in [2.45, 2.75) is 13.3 Å². The summed E-state index contributed by atoms with van der Waals surface area (Å²) in [6, 6.07) is 15.4. The Balaban J connectivity index is 2.10. The predicted molar refractivity (Wildman–Crippen MR) is 105 cm³/mol. The number of nitrogens with zero attached hydrogens (tertiary/aromatic N) is 1. The molecule has 0 bridgehead atoms. The van der Waals surface area contributed by atoms with Crippen LogP contribution in [-0.4, -0.2) is 26.9 Å². The molecule has 1 heterocycles. The number of benzene rings is 2. The van der Waals surface area contributed by atoms with E-state index in [1.54, 1.807) is 7.11 Å². The summed E-state index contributed by atoms with van der Waals surface area (Å²) >= 11 is 6.00. The van der Waals surface area contributed by atoms with E-state index in [0.29, 0.717) is 24.8 Å². The third-order valence-electron chi connectivity index (χ3n) is 3.94. The lowest BCUT2D eigenvalue weighted by Crippen LogP contribution is -2.06. The lowest BCUT2D eigenvalue weighted by atomic mass is 10.1. The molecule has 0 N–H and O–H groups in total. The Kier molecular flexibility index (Phi) is 6.31. The van der Waals surface area contributed by atoms with Crippen LogP contribution in [0.3, 0.4) is 0 Å². The molecule has 0 radical (unpaired) electrons. The van der Waals surface area contributed by atoms with Gasteiger partial charge >= 0.3 is 0 Å². The lowest BCUT2D eigenvalue weighted by molar-refractivity contribution is 0.196. The molecule has 5 heteroatoms. The molecule has 0 aliphatic rings. The molecule has 0 amide bonds. The average Bonchev–Trinajstić information content (AvgIpc) is 2.66. The highest BCUT2D eigenvalue weighted by Crippen LogP contribution is 2.25. The molecular formula is C21H22ClNO3. The van der Waals surface area contributed by atoms with Gasteiger partial charge in [0.15, 0.2) is 0 Å². The standard InChI is InChI=1S/C21H22ClNO3/c1-3-25-17-9-10-20-18(13-17)19(23-11-4-12-24-2)14-21(26-20)15-5-7-16(22)8-6-15/h5-10,13-14H,3-4,11-12H2,1-2H3. The van der Waals surface area contributed by atoms with Crippen LogP contribution in [0.2, 0.25) is 5.02 Å². The van der Waals surface area contributed by atoms with Gasteiger partial charge in [-0.1, -0.05) is 11.6 Å². The van der Waals surface area contributed by atoms with Crippen molar-refractivity contribution in [3.8, 4) is 17.1 Å². The molecule has 136 valence electrons. The van der Waals surface area contributed by atoms with Gasteiger partial charge in [-0.05, 0) is 55.8 Å². The molecule has 3 aromatic rings. The summed E-state index contributed by atoms with van der Waals surface area (Å²) in [4.78, 5) is 4.76. The summed E-state index contributed by atoms with van der Waals surface area (Å²) in [7, 11) is 1.70. The Bertz CT molecular complexity index is 932. The fourth-order valence-corrected chi connectivity index (χ4v) is 2.83. The minimum atomic E-state index is 0.617. The van der Waals surface area contributed by atoms with Crippen molar-refractivity contribution in [3.05, 3.63) is 58.9 Å². The number of rotatable bonds is 7. The molecule has 0 saturated carbocycles. The van der Waals surface area contributed by atoms with Gasteiger partial charge in [-0.15, -0.1) is 0 Å². The summed E-state index contributed by atoms with van der Waals surface area (Å²) in [6.45, 7) is 3.96. The van der Waals surface area contributed by atoms with Crippen molar-refractivity contribution in [2.24, 2.45) is 4.99 Å². The van der Waals surface area contributed by atoms with Crippen LogP contribution >= 0.6 is 11.6 Å². The van der Waals surface area contributed by atoms with E-state index < -0.39 is 0 Å².